The Labute approximate surface area is 154 Å². The average molecular weight is 375 g/mol. The molecule has 3 heterocycles. The summed E-state index contributed by atoms with van der Waals surface area (Å²) in [6.45, 7) is 4.01. The Morgan fingerprint density at radius 1 is 1.15 bits per heavy atom. The van der Waals surface area contributed by atoms with Crippen LogP contribution in [0.25, 0.3) is 0 Å². The van der Waals surface area contributed by atoms with Gasteiger partial charge in [0.2, 0.25) is 10.0 Å². The molecule has 26 heavy (non-hydrogen) atoms. The SMILES string of the molecule is Cc1ccccc1[C@@H]1CCCN1S(=O)(=O)c1cnn(C2CCOCC2)c1. The van der Waals surface area contributed by atoms with Crippen LogP contribution in [0, 0.1) is 6.92 Å². The Hall–Kier alpha value is -1.70. The maximum Gasteiger partial charge on any atom is 0.246 e. The minimum absolute atomic E-state index is 0.0902. The Morgan fingerprint density at radius 3 is 2.69 bits per heavy atom. The maximum atomic E-state index is 13.3. The van der Waals surface area contributed by atoms with E-state index in [9.17, 15) is 8.42 Å². The molecule has 0 bridgehead atoms. The molecule has 0 radical (unpaired) electrons. The first-order chi connectivity index (χ1) is 12.6. The number of hydrogen-bond donors (Lipinski definition) is 0. The van der Waals surface area contributed by atoms with Crippen molar-refractivity contribution in [1.29, 1.82) is 0 Å². The number of nitrogens with zero attached hydrogens (tertiary/aromatic N) is 3. The van der Waals surface area contributed by atoms with Gasteiger partial charge >= 0.3 is 0 Å². The molecule has 4 rings (SSSR count). The highest BCUT2D eigenvalue weighted by Gasteiger charge is 2.37. The molecule has 0 N–H and O–H groups in total. The van der Waals surface area contributed by atoms with E-state index in [1.807, 2.05) is 31.2 Å². The van der Waals surface area contributed by atoms with Crippen LogP contribution >= 0.6 is 0 Å². The summed E-state index contributed by atoms with van der Waals surface area (Å²) in [5.41, 5.74) is 2.24. The van der Waals surface area contributed by atoms with Gasteiger partial charge in [0.25, 0.3) is 0 Å². The van der Waals surface area contributed by atoms with Crippen molar-refractivity contribution in [1.82, 2.24) is 14.1 Å². The normalized spacial score (nSPS) is 22.7. The van der Waals surface area contributed by atoms with Crippen LogP contribution in [0.3, 0.4) is 0 Å². The maximum absolute atomic E-state index is 13.3. The van der Waals surface area contributed by atoms with Crippen molar-refractivity contribution in [2.75, 3.05) is 19.8 Å². The van der Waals surface area contributed by atoms with Crippen molar-refractivity contribution in [3.05, 3.63) is 47.8 Å². The molecule has 7 heteroatoms. The van der Waals surface area contributed by atoms with Gasteiger partial charge in [0.1, 0.15) is 4.90 Å². The van der Waals surface area contributed by atoms with Gasteiger partial charge in [-0.1, -0.05) is 24.3 Å². The molecule has 0 saturated carbocycles. The number of benzene rings is 1. The second kappa shape index (κ2) is 7.13. The van der Waals surface area contributed by atoms with E-state index in [1.165, 1.54) is 6.20 Å². The molecule has 2 saturated heterocycles. The first-order valence-corrected chi connectivity index (χ1v) is 10.7. The van der Waals surface area contributed by atoms with Gasteiger partial charge < -0.3 is 4.74 Å². The third kappa shape index (κ3) is 3.19. The van der Waals surface area contributed by atoms with Crippen LogP contribution in [0.2, 0.25) is 0 Å². The van der Waals surface area contributed by atoms with Gasteiger partial charge in [0.05, 0.1) is 18.3 Å². The summed E-state index contributed by atoms with van der Waals surface area (Å²) in [7, 11) is -3.55. The van der Waals surface area contributed by atoms with E-state index in [0.717, 1.165) is 36.8 Å². The summed E-state index contributed by atoms with van der Waals surface area (Å²) >= 11 is 0. The van der Waals surface area contributed by atoms with Crippen LogP contribution in [-0.4, -0.2) is 42.3 Å². The van der Waals surface area contributed by atoms with E-state index < -0.39 is 10.0 Å². The number of sulfonamides is 1. The number of ether oxygens (including phenoxy) is 1. The fourth-order valence-electron chi connectivity index (χ4n) is 4.04. The molecule has 0 aliphatic carbocycles. The van der Waals surface area contributed by atoms with E-state index in [2.05, 4.69) is 5.10 Å². The molecule has 2 aromatic rings. The summed E-state index contributed by atoms with van der Waals surface area (Å²) in [5, 5.41) is 4.35. The van der Waals surface area contributed by atoms with Gasteiger partial charge in [0, 0.05) is 26.0 Å². The first-order valence-electron chi connectivity index (χ1n) is 9.26. The molecule has 140 valence electrons. The predicted molar refractivity (Wildman–Crippen MR) is 98.4 cm³/mol. The molecule has 1 aromatic carbocycles. The van der Waals surface area contributed by atoms with E-state index in [0.29, 0.717) is 24.7 Å². The van der Waals surface area contributed by atoms with E-state index in [-0.39, 0.29) is 12.1 Å². The summed E-state index contributed by atoms with van der Waals surface area (Å²) in [6, 6.07) is 8.19. The summed E-state index contributed by atoms with van der Waals surface area (Å²) in [6.07, 6.45) is 6.68. The molecular weight excluding hydrogens is 350 g/mol. The highest BCUT2D eigenvalue weighted by Crippen LogP contribution is 2.37. The minimum atomic E-state index is -3.55. The lowest BCUT2D eigenvalue weighted by atomic mass is 10.0. The molecule has 1 atom stereocenters. The molecule has 0 amide bonds. The molecular formula is C19H25N3O3S. The number of hydrogen-bond acceptors (Lipinski definition) is 4. The minimum Gasteiger partial charge on any atom is -0.381 e. The van der Waals surface area contributed by atoms with E-state index in [4.69, 9.17) is 4.74 Å². The van der Waals surface area contributed by atoms with Gasteiger partial charge in [-0.25, -0.2) is 8.42 Å². The zero-order valence-corrected chi connectivity index (χ0v) is 15.9. The fourth-order valence-corrected chi connectivity index (χ4v) is 5.65. The van der Waals surface area contributed by atoms with E-state index in [1.54, 1.807) is 15.2 Å². The van der Waals surface area contributed by atoms with Crippen molar-refractivity contribution in [3.8, 4) is 0 Å². The smallest absolute Gasteiger partial charge is 0.246 e. The van der Waals surface area contributed by atoms with Gasteiger partial charge in [0.15, 0.2) is 0 Å². The molecule has 2 aliphatic rings. The Balaban J connectivity index is 1.61. The predicted octanol–water partition coefficient (Wildman–Crippen LogP) is 3.07. The van der Waals surface area contributed by atoms with Crippen molar-refractivity contribution in [2.24, 2.45) is 0 Å². The third-order valence-corrected chi connectivity index (χ3v) is 7.36. The Kier molecular flexibility index (Phi) is 4.86. The van der Waals surface area contributed by atoms with Crippen LogP contribution < -0.4 is 0 Å². The molecule has 2 fully saturated rings. The summed E-state index contributed by atoms with van der Waals surface area (Å²) in [5.74, 6) is 0. The zero-order chi connectivity index (χ0) is 18.1. The van der Waals surface area contributed by atoms with Crippen LogP contribution in [-0.2, 0) is 14.8 Å². The lowest BCUT2D eigenvalue weighted by Crippen LogP contribution is -2.31. The lowest BCUT2D eigenvalue weighted by Gasteiger charge is -2.25. The van der Waals surface area contributed by atoms with Gasteiger partial charge in [-0.15, -0.1) is 0 Å². The number of rotatable bonds is 4. The number of aryl methyl sites for hydroxylation is 1. The molecule has 0 spiro atoms. The van der Waals surface area contributed by atoms with E-state index >= 15 is 0 Å². The number of aromatic nitrogens is 2. The quantitative estimate of drug-likeness (QED) is 0.824. The monoisotopic (exact) mass is 375 g/mol. The van der Waals surface area contributed by atoms with Crippen LogP contribution in [0.5, 0.6) is 0 Å². The second-order valence-electron chi connectivity index (χ2n) is 7.13. The summed E-state index contributed by atoms with van der Waals surface area (Å²) in [4.78, 5) is 0.296. The van der Waals surface area contributed by atoms with Crippen molar-refractivity contribution in [2.45, 2.75) is 49.6 Å². The van der Waals surface area contributed by atoms with Crippen molar-refractivity contribution in [3.63, 3.8) is 0 Å². The largest absolute Gasteiger partial charge is 0.381 e. The lowest BCUT2D eigenvalue weighted by molar-refractivity contribution is 0.0662. The third-order valence-electron chi connectivity index (χ3n) is 5.50. The highest BCUT2D eigenvalue weighted by atomic mass is 32.2. The highest BCUT2D eigenvalue weighted by molar-refractivity contribution is 7.89. The van der Waals surface area contributed by atoms with Gasteiger partial charge in [-0.05, 0) is 43.7 Å². The van der Waals surface area contributed by atoms with Crippen molar-refractivity contribution < 1.29 is 13.2 Å². The van der Waals surface area contributed by atoms with Gasteiger partial charge in [-0.3, -0.25) is 4.68 Å². The summed E-state index contributed by atoms with van der Waals surface area (Å²) < 4.78 is 35.4. The fraction of sp³-hybridized carbons (Fsp3) is 0.526. The first kappa shape index (κ1) is 17.7. The van der Waals surface area contributed by atoms with Crippen LogP contribution in [0.15, 0.2) is 41.6 Å². The Morgan fingerprint density at radius 2 is 1.92 bits per heavy atom. The molecule has 2 aliphatic heterocycles. The standard InChI is InChI=1S/C19H25N3O3S/c1-15-5-2-3-6-18(15)19-7-4-10-22(19)26(23,24)17-13-20-21(14-17)16-8-11-25-12-9-16/h2-3,5-6,13-14,16,19H,4,7-12H2,1H3/t19-/m0/s1. The molecule has 6 nitrogen and oxygen atoms in total. The Bertz CT molecular complexity index is 872. The molecule has 1 aromatic heterocycles. The van der Waals surface area contributed by atoms with Crippen molar-refractivity contribution >= 4 is 10.0 Å². The molecule has 0 unspecified atom stereocenters. The second-order valence-corrected chi connectivity index (χ2v) is 9.02. The topological polar surface area (TPSA) is 64.4 Å². The van der Waals surface area contributed by atoms with Crippen LogP contribution in [0.4, 0.5) is 0 Å². The average Bonchev–Trinajstić information content (AvgIpc) is 3.33. The van der Waals surface area contributed by atoms with Gasteiger partial charge in [-0.2, -0.15) is 9.40 Å². The van der Waals surface area contributed by atoms with Crippen LogP contribution in [0.1, 0.15) is 48.9 Å². The zero-order valence-electron chi connectivity index (χ0n) is 15.0.